The van der Waals surface area contributed by atoms with Crippen molar-refractivity contribution in [3.63, 3.8) is 0 Å². The lowest BCUT2D eigenvalue weighted by Gasteiger charge is -2.14. The predicted octanol–water partition coefficient (Wildman–Crippen LogP) is 2.11. The molecular formula is C14H23NO2. The van der Waals surface area contributed by atoms with E-state index in [4.69, 9.17) is 10.5 Å². The summed E-state index contributed by atoms with van der Waals surface area (Å²) in [6.07, 6.45) is 1.30. The Bertz CT molecular complexity index is 319. The molecule has 0 spiro atoms. The Labute approximate surface area is 104 Å². The van der Waals surface area contributed by atoms with Crippen LogP contribution in [0, 0.1) is 0 Å². The minimum atomic E-state index is -0.429. The first kappa shape index (κ1) is 14.0. The van der Waals surface area contributed by atoms with Gasteiger partial charge in [0.25, 0.3) is 0 Å². The zero-order chi connectivity index (χ0) is 12.8. The van der Waals surface area contributed by atoms with E-state index in [1.165, 1.54) is 5.56 Å². The van der Waals surface area contributed by atoms with Crippen molar-refractivity contribution in [2.24, 2.45) is 5.73 Å². The van der Waals surface area contributed by atoms with Crippen molar-refractivity contribution in [1.82, 2.24) is 0 Å². The van der Waals surface area contributed by atoms with Gasteiger partial charge in [-0.2, -0.15) is 0 Å². The van der Waals surface area contributed by atoms with Crippen molar-refractivity contribution in [2.75, 3.05) is 0 Å². The Morgan fingerprint density at radius 2 is 1.76 bits per heavy atom. The summed E-state index contributed by atoms with van der Waals surface area (Å²) in [5.41, 5.74) is 6.80. The van der Waals surface area contributed by atoms with Crippen molar-refractivity contribution in [1.29, 1.82) is 0 Å². The van der Waals surface area contributed by atoms with Crippen molar-refractivity contribution in [3.8, 4) is 5.75 Å². The zero-order valence-corrected chi connectivity index (χ0v) is 10.9. The number of nitrogens with two attached hydrogens (primary N) is 1. The lowest BCUT2D eigenvalue weighted by atomic mass is 10.0. The average molecular weight is 237 g/mol. The van der Waals surface area contributed by atoms with Crippen molar-refractivity contribution < 1.29 is 9.84 Å². The Hall–Kier alpha value is -1.06. The quantitative estimate of drug-likeness (QED) is 0.796. The molecule has 3 heteroatoms. The topological polar surface area (TPSA) is 55.5 Å². The third kappa shape index (κ3) is 5.20. The standard InChI is InChI=1S/C14H23NO2/c1-10(2)17-13-7-4-12(5-8-13)6-9-14(16)11(3)15/h4-5,7-8,10-11,14,16H,6,9,15H2,1-3H3. The number of benzene rings is 1. The fraction of sp³-hybridized carbons (Fsp3) is 0.571. The predicted molar refractivity (Wildman–Crippen MR) is 70.2 cm³/mol. The molecule has 1 aromatic rings. The van der Waals surface area contributed by atoms with Gasteiger partial charge < -0.3 is 15.6 Å². The number of hydrogen-bond donors (Lipinski definition) is 2. The molecule has 0 aliphatic rings. The van der Waals surface area contributed by atoms with Crippen molar-refractivity contribution in [3.05, 3.63) is 29.8 Å². The SMILES string of the molecule is CC(C)Oc1ccc(CCC(O)C(C)N)cc1. The third-order valence-electron chi connectivity index (χ3n) is 2.63. The van der Waals surface area contributed by atoms with Gasteiger partial charge in [-0.25, -0.2) is 0 Å². The second-order valence-corrected chi connectivity index (χ2v) is 4.78. The fourth-order valence-corrected chi connectivity index (χ4v) is 1.58. The number of rotatable bonds is 6. The largest absolute Gasteiger partial charge is 0.491 e. The Morgan fingerprint density at radius 3 is 2.24 bits per heavy atom. The molecule has 96 valence electrons. The molecular weight excluding hydrogens is 214 g/mol. The summed E-state index contributed by atoms with van der Waals surface area (Å²) < 4.78 is 5.56. The van der Waals surface area contributed by atoms with Crippen LogP contribution in [0.4, 0.5) is 0 Å². The summed E-state index contributed by atoms with van der Waals surface area (Å²) in [7, 11) is 0. The fourth-order valence-electron chi connectivity index (χ4n) is 1.58. The minimum Gasteiger partial charge on any atom is -0.491 e. The van der Waals surface area contributed by atoms with Crippen molar-refractivity contribution in [2.45, 2.75) is 51.9 Å². The molecule has 0 heterocycles. The van der Waals surface area contributed by atoms with Crippen LogP contribution in [-0.4, -0.2) is 23.4 Å². The normalized spacial score (nSPS) is 14.7. The first-order chi connectivity index (χ1) is 7.99. The molecule has 0 aliphatic carbocycles. The highest BCUT2D eigenvalue weighted by atomic mass is 16.5. The van der Waals surface area contributed by atoms with Gasteiger partial charge in [-0.05, 0) is 51.3 Å². The zero-order valence-electron chi connectivity index (χ0n) is 10.9. The van der Waals surface area contributed by atoms with Crippen molar-refractivity contribution >= 4 is 0 Å². The summed E-state index contributed by atoms with van der Waals surface area (Å²) in [5, 5.41) is 9.61. The highest BCUT2D eigenvalue weighted by Crippen LogP contribution is 2.15. The van der Waals surface area contributed by atoms with Crippen LogP contribution in [0.5, 0.6) is 5.75 Å². The molecule has 0 saturated carbocycles. The van der Waals surface area contributed by atoms with E-state index in [0.717, 1.165) is 12.2 Å². The molecule has 3 N–H and O–H groups in total. The third-order valence-corrected chi connectivity index (χ3v) is 2.63. The van der Waals surface area contributed by atoms with Gasteiger partial charge >= 0.3 is 0 Å². The van der Waals surface area contributed by atoms with Crippen LogP contribution in [0.3, 0.4) is 0 Å². The Kier molecular flexibility index (Phi) is 5.45. The van der Waals surface area contributed by atoms with Crippen LogP contribution in [-0.2, 0) is 6.42 Å². The summed E-state index contributed by atoms with van der Waals surface area (Å²) in [4.78, 5) is 0. The van der Waals surface area contributed by atoms with Crippen LogP contribution < -0.4 is 10.5 Å². The maximum Gasteiger partial charge on any atom is 0.119 e. The summed E-state index contributed by atoms with van der Waals surface area (Å²) >= 11 is 0. The molecule has 0 aromatic heterocycles. The van der Waals surface area contributed by atoms with Gasteiger partial charge in [0.1, 0.15) is 5.75 Å². The molecule has 1 aromatic carbocycles. The molecule has 0 bridgehead atoms. The lowest BCUT2D eigenvalue weighted by molar-refractivity contribution is 0.141. The molecule has 0 amide bonds. The molecule has 0 aliphatic heterocycles. The number of hydrogen-bond acceptors (Lipinski definition) is 3. The molecule has 0 saturated heterocycles. The molecule has 3 nitrogen and oxygen atoms in total. The van der Waals surface area contributed by atoms with Gasteiger partial charge in [0.05, 0.1) is 12.2 Å². The maximum absolute atomic E-state index is 9.61. The second-order valence-electron chi connectivity index (χ2n) is 4.78. The molecule has 0 radical (unpaired) electrons. The first-order valence-corrected chi connectivity index (χ1v) is 6.18. The average Bonchev–Trinajstić information content (AvgIpc) is 2.26. The minimum absolute atomic E-state index is 0.168. The Balaban J connectivity index is 2.45. The van der Waals surface area contributed by atoms with Gasteiger partial charge in [-0.15, -0.1) is 0 Å². The number of aliphatic hydroxyl groups excluding tert-OH is 1. The van der Waals surface area contributed by atoms with Gasteiger partial charge in [0.15, 0.2) is 0 Å². The van der Waals surface area contributed by atoms with Gasteiger partial charge in [-0.1, -0.05) is 12.1 Å². The molecule has 2 unspecified atom stereocenters. The van der Waals surface area contributed by atoms with E-state index in [-0.39, 0.29) is 12.1 Å². The summed E-state index contributed by atoms with van der Waals surface area (Å²) in [6.45, 7) is 5.84. The highest BCUT2D eigenvalue weighted by Gasteiger charge is 2.09. The van der Waals surface area contributed by atoms with Crippen LogP contribution in [0.1, 0.15) is 32.8 Å². The Morgan fingerprint density at radius 1 is 1.18 bits per heavy atom. The van der Waals surface area contributed by atoms with E-state index in [1.807, 2.05) is 45.0 Å². The van der Waals surface area contributed by atoms with Crippen LogP contribution in [0.15, 0.2) is 24.3 Å². The van der Waals surface area contributed by atoms with Gasteiger partial charge in [-0.3, -0.25) is 0 Å². The monoisotopic (exact) mass is 237 g/mol. The molecule has 1 rings (SSSR count). The number of ether oxygens (including phenoxy) is 1. The van der Waals surface area contributed by atoms with E-state index in [2.05, 4.69) is 0 Å². The van der Waals surface area contributed by atoms with Crippen LogP contribution >= 0.6 is 0 Å². The highest BCUT2D eigenvalue weighted by molar-refractivity contribution is 5.27. The lowest BCUT2D eigenvalue weighted by Crippen LogP contribution is -2.31. The van der Waals surface area contributed by atoms with E-state index >= 15 is 0 Å². The van der Waals surface area contributed by atoms with Gasteiger partial charge in [0.2, 0.25) is 0 Å². The van der Waals surface area contributed by atoms with E-state index in [0.29, 0.717) is 6.42 Å². The van der Waals surface area contributed by atoms with E-state index in [9.17, 15) is 5.11 Å². The van der Waals surface area contributed by atoms with Crippen LogP contribution in [0.2, 0.25) is 0 Å². The van der Waals surface area contributed by atoms with E-state index < -0.39 is 6.10 Å². The molecule has 2 atom stereocenters. The first-order valence-electron chi connectivity index (χ1n) is 6.18. The summed E-state index contributed by atoms with van der Waals surface area (Å²) in [5.74, 6) is 0.886. The number of aliphatic hydroxyl groups is 1. The summed E-state index contributed by atoms with van der Waals surface area (Å²) in [6, 6.07) is 7.83. The molecule has 17 heavy (non-hydrogen) atoms. The smallest absolute Gasteiger partial charge is 0.119 e. The van der Waals surface area contributed by atoms with E-state index in [1.54, 1.807) is 0 Å². The number of aryl methyl sites for hydroxylation is 1. The van der Waals surface area contributed by atoms with Crippen LogP contribution in [0.25, 0.3) is 0 Å². The maximum atomic E-state index is 9.61. The second kappa shape index (κ2) is 6.62. The van der Waals surface area contributed by atoms with Gasteiger partial charge in [0, 0.05) is 6.04 Å². The molecule has 0 fully saturated rings.